The first-order valence-electron chi connectivity index (χ1n) is 7.02. The Bertz CT molecular complexity index is 730. The molecule has 0 spiro atoms. The van der Waals surface area contributed by atoms with E-state index in [1.165, 1.54) is 17.1 Å². The molecule has 2 aromatic rings. The van der Waals surface area contributed by atoms with E-state index < -0.39 is 10.0 Å². The van der Waals surface area contributed by atoms with Crippen molar-refractivity contribution in [2.75, 3.05) is 13.2 Å². The van der Waals surface area contributed by atoms with Crippen LogP contribution < -0.4 is 4.72 Å². The minimum atomic E-state index is -3.57. The minimum absolute atomic E-state index is 0.105. The molecule has 0 bridgehead atoms. The van der Waals surface area contributed by atoms with Crippen molar-refractivity contribution in [1.82, 2.24) is 19.5 Å². The van der Waals surface area contributed by atoms with Gasteiger partial charge < -0.3 is 4.74 Å². The Kier molecular flexibility index (Phi) is 4.23. The fourth-order valence-electron chi connectivity index (χ4n) is 2.56. The van der Waals surface area contributed by atoms with Gasteiger partial charge in [-0.05, 0) is 24.1 Å². The number of aromatic nitrogens is 3. The summed E-state index contributed by atoms with van der Waals surface area (Å²) in [5.74, 6) is 0.105. The van der Waals surface area contributed by atoms with Crippen molar-refractivity contribution in [2.24, 2.45) is 13.0 Å². The van der Waals surface area contributed by atoms with Crippen LogP contribution in [0.5, 0.6) is 0 Å². The van der Waals surface area contributed by atoms with Crippen LogP contribution in [-0.4, -0.2) is 42.4 Å². The van der Waals surface area contributed by atoms with E-state index in [2.05, 4.69) is 14.8 Å². The van der Waals surface area contributed by atoms with E-state index >= 15 is 0 Å². The second-order valence-corrected chi connectivity index (χ2v) is 7.15. The second kappa shape index (κ2) is 6.15. The fourth-order valence-corrected chi connectivity index (χ4v) is 3.83. The predicted molar refractivity (Wildman–Crippen MR) is 79.6 cm³/mol. The van der Waals surface area contributed by atoms with Crippen LogP contribution in [0.3, 0.4) is 0 Å². The largest absolute Gasteiger partial charge is 0.379 e. The van der Waals surface area contributed by atoms with Crippen molar-refractivity contribution < 1.29 is 13.2 Å². The van der Waals surface area contributed by atoms with Crippen LogP contribution >= 0.6 is 0 Å². The number of sulfonamides is 1. The summed E-state index contributed by atoms with van der Waals surface area (Å²) in [4.78, 5) is 4.16. The van der Waals surface area contributed by atoms with Gasteiger partial charge in [-0.2, -0.15) is 5.10 Å². The van der Waals surface area contributed by atoms with E-state index in [1.807, 2.05) is 12.1 Å². The standard InChI is InChI=1S/C14H18N4O3S/c1-18-8-13(7-16-18)22(19,20)17-14-10-21-9-12(14)6-11-2-4-15-5-3-11/h2-5,7-8,12,14,17H,6,9-10H2,1H3/t12-,14+/m1/s1. The van der Waals surface area contributed by atoms with Crippen molar-refractivity contribution in [3.8, 4) is 0 Å². The highest BCUT2D eigenvalue weighted by atomic mass is 32.2. The number of nitrogens with one attached hydrogen (secondary N) is 1. The third-order valence-corrected chi connectivity index (χ3v) is 5.19. The number of hydrogen-bond donors (Lipinski definition) is 1. The SMILES string of the molecule is Cn1cc(S(=O)(=O)N[C@H]2COC[C@H]2Cc2ccncc2)cn1. The fraction of sp³-hybridized carbons (Fsp3) is 0.429. The Labute approximate surface area is 129 Å². The van der Waals surface area contributed by atoms with Gasteiger partial charge in [0.2, 0.25) is 10.0 Å². The van der Waals surface area contributed by atoms with Crippen LogP contribution in [-0.2, 0) is 28.2 Å². The molecular formula is C14H18N4O3S. The van der Waals surface area contributed by atoms with E-state index in [4.69, 9.17) is 4.74 Å². The first-order valence-corrected chi connectivity index (χ1v) is 8.50. The molecule has 2 aromatic heterocycles. The van der Waals surface area contributed by atoms with Gasteiger partial charge in [0.25, 0.3) is 0 Å². The molecule has 1 aliphatic heterocycles. The van der Waals surface area contributed by atoms with Crippen LogP contribution in [0, 0.1) is 5.92 Å². The van der Waals surface area contributed by atoms with Gasteiger partial charge in [0, 0.05) is 31.6 Å². The predicted octanol–water partition coefficient (Wildman–Crippen LogP) is 0.351. The van der Waals surface area contributed by atoms with Crippen molar-refractivity contribution in [2.45, 2.75) is 17.4 Å². The molecule has 0 saturated carbocycles. The smallest absolute Gasteiger partial charge is 0.244 e. The molecule has 1 aliphatic rings. The molecule has 0 aliphatic carbocycles. The lowest BCUT2D eigenvalue weighted by molar-refractivity contribution is 0.183. The molecule has 0 radical (unpaired) electrons. The number of aryl methyl sites for hydroxylation is 1. The van der Waals surface area contributed by atoms with Gasteiger partial charge >= 0.3 is 0 Å². The summed E-state index contributed by atoms with van der Waals surface area (Å²) in [5, 5.41) is 3.90. The zero-order valence-electron chi connectivity index (χ0n) is 12.2. The van der Waals surface area contributed by atoms with Crippen molar-refractivity contribution in [3.05, 3.63) is 42.5 Å². The van der Waals surface area contributed by atoms with Crippen molar-refractivity contribution in [3.63, 3.8) is 0 Å². The molecule has 118 valence electrons. The van der Waals surface area contributed by atoms with E-state index in [-0.39, 0.29) is 16.9 Å². The van der Waals surface area contributed by atoms with Crippen molar-refractivity contribution in [1.29, 1.82) is 0 Å². The van der Waals surface area contributed by atoms with Crippen LogP contribution in [0.1, 0.15) is 5.56 Å². The molecule has 3 heterocycles. The molecule has 7 nitrogen and oxygen atoms in total. The van der Waals surface area contributed by atoms with Crippen molar-refractivity contribution >= 4 is 10.0 Å². The monoisotopic (exact) mass is 322 g/mol. The maximum atomic E-state index is 12.4. The highest BCUT2D eigenvalue weighted by molar-refractivity contribution is 7.89. The minimum Gasteiger partial charge on any atom is -0.379 e. The van der Waals surface area contributed by atoms with Gasteiger partial charge in [0.05, 0.1) is 25.5 Å². The van der Waals surface area contributed by atoms with Gasteiger partial charge in [-0.3, -0.25) is 9.67 Å². The van der Waals surface area contributed by atoms with Gasteiger partial charge in [0.15, 0.2) is 0 Å². The van der Waals surface area contributed by atoms with E-state index in [0.717, 1.165) is 12.0 Å². The van der Waals surface area contributed by atoms with Crippen LogP contribution in [0.2, 0.25) is 0 Å². The molecule has 0 aromatic carbocycles. The zero-order chi connectivity index (χ0) is 15.6. The maximum absolute atomic E-state index is 12.4. The number of nitrogens with zero attached hydrogens (tertiary/aromatic N) is 3. The average Bonchev–Trinajstić information content (AvgIpc) is 3.10. The van der Waals surface area contributed by atoms with Crippen LogP contribution in [0.25, 0.3) is 0 Å². The van der Waals surface area contributed by atoms with Crippen LogP contribution in [0.15, 0.2) is 41.8 Å². The lowest BCUT2D eigenvalue weighted by Crippen LogP contribution is -2.40. The summed E-state index contributed by atoms with van der Waals surface area (Å²) in [7, 11) is -1.89. The molecule has 3 rings (SSSR count). The number of ether oxygens (including phenoxy) is 1. The highest BCUT2D eigenvalue weighted by Crippen LogP contribution is 2.21. The molecule has 0 unspecified atom stereocenters. The van der Waals surface area contributed by atoms with Gasteiger partial charge in [-0.1, -0.05) is 0 Å². The topological polar surface area (TPSA) is 86.1 Å². The molecule has 1 saturated heterocycles. The normalized spacial score (nSPS) is 22.0. The number of rotatable bonds is 5. The zero-order valence-corrected chi connectivity index (χ0v) is 13.0. The Balaban J connectivity index is 1.71. The molecule has 0 amide bonds. The first-order chi connectivity index (χ1) is 10.5. The van der Waals surface area contributed by atoms with E-state index in [0.29, 0.717) is 13.2 Å². The molecule has 2 atom stereocenters. The summed E-state index contributed by atoms with van der Waals surface area (Å²) in [6.45, 7) is 0.928. The summed E-state index contributed by atoms with van der Waals surface area (Å²) < 4.78 is 34.4. The number of pyridine rings is 1. The summed E-state index contributed by atoms with van der Waals surface area (Å²) >= 11 is 0. The quantitative estimate of drug-likeness (QED) is 0.858. The Hall–Kier alpha value is -1.77. The van der Waals surface area contributed by atoms with Gasteiger partial charge in [-0.25, -0.2) is 13.1 Å². The Morgan fingerprint density at radius 3 is 2.82 bits per heavy atom. The Morgan fingerprint density at radius 1 is 1.36 bits per heavy atom. The third kappa shape index (κ3) is 3.34. The lowest BCUT2D eigenvalue weighted by Gasteiger charge is -2.18. The molecule has 1 N–H and O–H groups in total. The second-order valence-electron chi connectivity index (χ2n) is 5.43. The maximum Gasteiger partial charge on any atom is 0.244 e. The molecule has 1 fully saturated rings. The summed E-state index contributed by atoms with van der Waals surface area (Å²) in [6, 6.07) is 3.63. The van der Waals surface area contributed by atoms with E-state index in [9.17, 15) is 8.42 Å². The third-order valence-electron chi connectivity index (χ3n) is 3.74. The van der Waals surface area contributed by atoms with Crippen LogP contribution in [0.4, 0.5) is 0 Å². The average molecular weight is 322 g/mol. The van der Waals surface area contributed by atoms with E-state index in [1.54, 1.807) is 19.4 Å². The lowest BCUT2D eigenvalue weighted by atomic mass is 9.96. The highest BCUT2D eigenvalue weighted by Gasteiger charge is 2.32. The number of hydrogen-bond acceptors (Lipinski definition) is 5. The first kappa shape index (κ1) is 15.1. The van der Waals surface area contributed by atoms with Gasteiger partial charge in [-0.15, -0.1) is 0 Å². The molecule has 8 heteroatoms. The molecule has 22 heavy (non-hydrogen) atoms. The summed E-state index contributed by atoms with van der Waals surface area (Å²) in [5.41, 5.74) is 1.12. The summed E-state index contributed by atoms with van der Waals surface area (Å²) in [6.07, 6.45) is 7.05. The molecular weight excluding hydrogens is 304 g/mol. The van der Waals surface area contributed by atoms with Gasteiger partial charge in [0.1, 0.15) is 4.90 Å². The Morgan fingerprint density at radius 2 is 2.14 bits per heavy atom.